The van der Waals surface area contributed by atoms with Crippen molar-refractivity contribution in [1.29, 1.82) is 0 Å². The maximum absolute atomic E-state index is 9.61. The molecular weight excluding hydrogens is 352 g/mol. The highest BCUT2D eigenvalue weighted by molar-refractivity contribution is 5.33. The lowest BCUT2D eigenvalue weighted by Gasteiger charge is -2.41. The molecule has 2 heterocycles. The molecule has 0 saturated carbocycles. The summed E-state index contributed by atoms with van der Waals surface area (Å²) in [4.78, 5) is 4.99. The zero-order valence-electron chi connectivity index (χ0n) is 17.5. The fraction of sp³-hybridized carbons (Fsp3) is 0.591. The van der Waals surface area contributed by atoms with Gasteiger partial charge in [0.15, 0.2) is 0 Å². The van der Waals surface area contributed by atoms with Gasteiger partial charge in [0.25, 0.3) is 0 Å². The van der Waals surface area contributed by atoms with E-state index in [0.717, 1.165) is 51.4 Å². The lowest BCUT2D eigenvalue weighted by Crippen LogP contribution is -2.52. The van der Waals surface area contributed by atoms with E-state index in [9.17, 15) is 5.11 Å². The second kappa shape index (κ2) is 10.0. The molecule has 3 rings (SSSR count). The average molecular weight is 387 g/mol. The van der Waals surface area contributed by atoms with Crippen LogP contribution >= 0.6 is 0 Å². The molecule has 1 unspecified atom stereocenters. The molecule has 2 aromatic rings. The van der Waals surface area contributed by atoms with E-state index in [-0.39, 0.29) is 6.61 Å². The van der Waals surface area contributed by atoms with Crippen LogP contribution in [0, 0.1) is 6.92 Å². The first-order valence-electron chi connectivity index (χ1n) is 10.5. The van der Waals surface area contributed by atoms with Crippen molar-refractivity contribution in [2.24, 2.45) is 0 Å². The van der Waals surface area contributed by atoms with Crippen molar-refractivity contribution in [3.8, 4) is 5.75 Å². The molecule has 0 radical (unpaired) electrons. The van der Waals surface area contributed by atoms with E-state index in [4.69, 9.17) is 4.74 Å². The first-order chi connectivity index (χ1) is 13.7. The van der Waals surface area contributed by atoms with Gasteiger partial charge >= 0.3 is 0 Å². The molecular formula is C22H34N4O2. The Morgan fingerprint density at radius 2 is 1.96 bits per heavy atom. The highest BCUT2D eigenvalue weighted by Gasteiger charge is 2.27. The molecule has 0 bridgehead atoms. The third kappa shape index (κ3) is 4.93. The number of aryl methyl sites for hydroxylation is 1. The molecule has 6 heteroatoms. The Balaban J connectivity index is 1.66. The zero-order valence-corrected chi connectivity index (χ0v) is 17.5. The molecule has 1 N–H and O–H groups in total. The minimum atomic E-state index is 0.217. The van der Waals surface area contributed by atoms with E-state index in [2.05, 4.69) is 45.6 Å². The second-order valence-corrected chi connectivity index (χ2v) is 7.48. The van der Waals surface area contributed by atoms with Crippen molar-refractivity contribution in [3.05, 3.63) is 47.3 Å². The number of para-hydroxylation sites is 1. The largest absolute Gasteiger partial charge is 0.494 e. The van der Waals surface area contributed by atoms with Gasteiger partial charge in [-0.3, -0.25) is 14.5 Å². The fourth-order valence-corrected chi connectivity index (χ4v) is 4.08. The summed E-state index contributed by atoms with van der Waals surface area (Å²) in [6.07, 6.45) is 2.80. The topological polar surface area (TPSA) is 53.8 Å². The Bertz CT molecular complexity index is 746. The number of rotatable bonds is 9. The summed E-state index contributed by atoms with van der Waals surface area (Å²) in [6, 6.07) is 8.63. The van der Waals surface area contributed by atoms with Crippen molar-refractivity contribution in [2.45, 2.75) is 52.9 Å². The highest BCUT2D eigenvalue weighted by atomic mass is 16.5. The normalized spacial score (nSPS) is 18.5. The van der Waals surface area contributed by atoms with E-state index in [0.29, 0.717) is 12.6 Å². The summed E-state index contributed by atoms with van der Waals surface area (Å²) in [5.74, 6) is 0.970. The van der Waals surface area contributed by atoms with Crippen LogP contribution in [0.1, 0.15) is 37.1 Å². The van der Waals surface area contributed by atoms with Gasteiger partial charge in [-0.1, -0.05) is 18.2 Å². The average Bonchev–Trinajstić information content (AvgIpc) is 3.05. The number of piperazine rings is 1. The maximum atomic E-state index is 9.61. The van der Waals surface area contributed by atoms with E-state index in [1.807, 2.05) is 25.3 Å². The van der Waals surface area contributed by atoms with Gasteiger partial charge in [-0.2, -0.15) is 5.10 Å². The number of benzene rings is 1. The van der Waals surface area contributed by atoms with E-state index < -0.39 is 0 Å². The SMILES string of the molecule is CCOc1ccccc1CN1CCN(Cc2cnn(CC)c2C)CC1CCO. The van der Waals surface area contributed by atoms with Crippen LogP contribution in [-0.4, -0.2) is 63.6 Å². The molecule has 1 fully saturated rings. The number of aliphatic hydroxyl groups excluding tert-OH is 1. The molecule has 1 aromatic heterocycles. The van der Waals surface area contributed by atoms with Gasteiger partial charge < -0.3 is 9.84 Å². The van der Waals surface area contributed by atoms with Gasteiger partial charge in [-0.25, -0.2) is 0 Å². The van der Waals surface area contributed by atoms with E-state index in [1.165, 1.54) is 16.8 Å². The van der Waals surface area contributed by atoms with Gasteiger partial charge in [0.2, 0.25) is 0 Å². The minimum Gasteiger partial charge on any atom is -0.494 e. The molecule has 0 amide bonds. The lowest BCUT2D eigenvalue weighted by molar-refractivity contribution is 0.0493. The van der Waals surface area contributed by atoms with Gasteiger partial charge in [0.05, 0.1) is 12.8 Å². The lowest BCUT2D eigenvalue weighted by atomic mass is 10.1. The number of hydrogen-bond donors (Lipinski definition) is 1. The van der Waals surface area contributed by atoms with Crippen molar-refractivity contribution >= 4 is 0 Å². The second-order valence-electron chi connectivity index (χ2n) is 7.48. The molecule has 1 aliphatic rings. The van der Waals surface area contributed by atoms with Gasteiger partial charge in [0, 0.05) is 68.7 Å². The van der Waals surface area contributed by atoms with Crippen LogP contribution in [-0.2, 0) is 19.6 Å². The maximum Gasteiger partial charge on any atom is 0.123 e. The molecule has 1 aliphatic heterocycles. The van der Waals surface area contributed by atoms with E-state index in [1.54, 1.807) is 0 Å². The third-order valence-corrected chi connectivity index (χ3v) is 5.70. The predicted molar refractivity (Wildman–Crippen MR) is 111 cm³/mol. The van der Waals surface area contributed by atoms with Crippen LogP contribution in [0.5, 0.6) is 5.75 Å². The number of aliphatic hydroxyl groups is 1. The highest BCUT2D eigenvalue weighted by Crippen LogP contribution is 2.24. The summed E-state index contributed by atoms with van der Waals surface area (Å²) >= 11 is 0. The van der Waals surface area contributed by atoms with Crippen molar-refractivity contribution in [1.82, 2.24) is 19.6 Å². The minimum absolute atomic E-state index is 0.217. The molecule has 6 nitrogen and oxygen atoms in total. The summed E-state index contributed by atoms with van der Waals surface area (Å²) in [5.41, 5.74) is 3.79. The van der Waals surface area contributed by atoms with Crippen molar-refractivity contribution in [3.63, 3.8) is 0 Å². The molecule has 1 atom stereocenters. The predicted octanol–water partition coefficient (Wildman–Crippen LogP) is 2.68. The Labute approximate surface area is 168 Å². The van der Waals surface area contributed by atoms with Crippen LogP contribution in [0.15, 0.2) is 30.5 Å². The zero-order chi connectivity index (χ0) is 19.9. The first-order valence-corrected chi connectivity index (χ1v) is 10.5. The van der Waals surface area contributed by atoms with Crippen LogP contribution in [0.3, 0.4) is 0 Å². The van der Waals surface area contributed by atoms with Crippen LogP contribution in [0.25, 0.3) is 0 Å². The fourth-order valence-electron chi connectivity index (χ4n) is 4.08. The summed E-state index contributed by atoms with van der Waals surface area (Å²) in [5, 5.41) is 14.1. The first kappa shape index (κ1) is 20.8. The number of aromatic nitrogens is 2. The van der Waals surface area contributed by atoms with Crippen molar-refractivity contribution in [2.75, 3.05) is 32.8 Å². The van der Waals surface area contributed by atoms with Crippen LogP contribution in [0.2, 0.25) is 0 Å². The van der Waals surface area contributed by atoms with Gasteiger partial charge in [-0.15, -0.1) is 0 Å². The Kier molecular flexibility index (Phi) is 7.48. The van der Waals surface area contributed by atoms with Gasteiger partial charge in [-0.05, 0) is 33.3 Å². The molecule has 0 aliphatic carbocycles. The third-order valence-electron chi connectivity index (χ3n) is 5.70. The van der Waals surface area contributed by atoms with Crippen LogP contribution in [0.4, 0.5) is 0 Å². The monoisotopic (exact) mass is 386 g/mol. The quantitative estimate of drug-likeness (QED) is 0.718. The summed E-state index contributed by atoms with van der Waals surface area (Å²) in [7, 11) is 0. The number of nitrogens with zero attached hydrogens (tertiary/aromatic N) is 4. The summed E-state index contributed by atoms with van der Waals surface area (Å²) in [6.45, 7) is 12.9. The van der Waals surface area contributed by atoms with Crippen LogP contribution < -0.4 is 4.74 Å². The Morgan fingerprint density at radius 3 is 2.68 bits per heavy atom. The van der Waals surface area contributed by atoms with E-state index >= 15 is 0 Å². The number of hydrogen-bond acceptors (Lipinski definition) is 5. The molecule has 154 valence electrons. The number of ether oxygens (including phenoxy) is 1. The molecule has 1 aromatic carbocycles. The molecule has 0 spiro atoms. The van der Waals surface area contributed by atoms with Gasteiger partial charge in [0.1, 0.15) is 5.75 Å². The molecule has 28 heavy (non-hydrogen) atoms. The van der Waals surface area contributed by atoms with Crippen molar-refractivity contribution < 1.29 is 9.84 Å². The molecule has 1 saturated heterocycles. The Morgan fingerprint density at radius 1 is 1.14 bits per heavy atom. The smallest absolute Gasteiger partial charge is 0.123 e. The standard InChI is InChI=1S/C22H34N4O2/c1-4-26-18(3)20(14-23-26)15-24-11-12-25(21(17-24)10-13-27)16-19-8-6-7-9-22(19)28-5-2/h6-9,14,21,27H,4-5,10-13,15-17H2,1-3H3. The summed E-state index contributed by atoms with van der Waals surface area (Å²) < 4.78 is 7.86. The Hall–Kier alpha value is -1.89.